The van der Waals surface area contributed by atoms with E-state index in [4.69, 9.17) is 0 Å². The lowest BCUT2D eigenvalue weighted by molar-refractivity contribution is -0.139. The molecule has 2 aliphatic heterocycles. The van der Waals surface area contributed by atoms with Crippen molar-refractivity contribution < 1.29 is 4.79 Å². The van der Waals surface area contributed by atoms with Gasteiger partial charge >= 0.3 is 0 Å². The first-order valence-corrected chi connectivity index (χ1v) is 9.79. The first-order valence-electron chi connectivity index (χ1n) is 9.79. The topological polar surface area (TPSA) is 35.6 Å². The van der Waals surface area contributed by atoms with Crippen molar-refractivity contribution in [3.63, 3.8) is 0 Å². The number of carbonyl (C=O) groups excluding carboxylic acids is 1. The van der Waals surface area contributed by atoms with Crippen molar-refractivity contribution in [2.24, 2.45) is 11.3 Å². The highest BCUT2D eigenvalue weighted by molar-refractivity contribution is 5.83. The highest BCUT2D eigenvalue weighted by Crippen LogP contribution is 2.59. The van der Waals surface area contributed by atoms with Crippen LogP contribution in [0.4, 0.5) is 0 Å². The Hall–Kier alpha value is -1.39. The molecule has 3 fully saturated rings. The predicted octanol–water partition coefficient (Wildman–Crippen LogP) is 2.50. The first kappa shape index (κ1) is 17.0. The van der Waals surface area contributed by atoms with Gasteiger partial charge in [-0.3, -0.25) is 9.69 Å². The summed E-state index contributed by atoms with van der Waals surface area (Å²) in [5, 5.41) is 3.43. The smallest absolute Gasteiger partial charge is 0.226 e. The molecule has 1 aromatic rings. The first-order chi connectivity index (χ1) is 12.0. The van der Waals surface area contributed by atoms with Gasteiger partial charge in [0.1, 0.15) is 0 Å². The van der Waals surface area contributed by atoms with Crippen LogP contribution in [0.5, 0.6) is 0 Å². The van der Waals surface area contributed by atoms with Crippen LogP contribution in [0.25, 0.3) is 0 Å². The van der Waals surface area contributed by atoms with Crippen LogP contribution in [0.3, 0.4) is 0 Å². The minimum Gasteiger partial charge on any atom is -0.339 e. The fourth-order valence-corrected chi connectivity index (χ4v) is 4.87. The molecule has 1 spiro atoms. The van der Waals surface area contributed by atoms with Crippen molar-refractivity contribution in [3.05, 3.63) is 35.9 Å². The van der Waals surface area contributed by atoms with Crippen LogP contribution < -0.4 is 5.32 Å². The van der Waals surface area contributed by atoms with Crippen LogP contribution in [0, 0.1) is 11.3 Å². The third-order valence-electron chi connectivity index (χ3n) is 6.69. The average Bonchev–Trinajstić information content (AvgIpc) is 3.30. The van der Waals surface area contributed by atoms with Crippen LogP contribution in [-0.4, -0.2) is 54.0 Å². The summed E-state index contributed by atoms with van der Waals surface area (Å²) in [6.45, 7) is 10.4. The van der Waals surface area contributed by atoms with Gasteiger partial charge < -0.3 is 10.2 Å². The maximum Gasteiger partial charge on any atom is 0.226 e. The summed E-state index contributed by atoms with van der Waals surface area (Å²) < 4.78 is 0. The number of amides is 1. The molecular weight excluding hydrogens is 310 g/mol. The van der Waals surface area contributed by atoms with E-state index in [0.29, 0.717) is 17.2 Å². The normalized spacial score (nSPS) is 28.1. The number of nitrogens with one attached hydrogen (secondary N) is 1. The van der Waals surface area contributed by atoms with Crippen molar-refractivity contribution >= 4 is 5.91 Å². The maximum absolute atomic E-state index is 13.1. The predicted molar refractivity (Wildman–Crippen MR) is 100 cm³/mol. The molecule has 25 heavy (non-hydrogen) atoms. The molecule has 3 aliphatic rings. The van der Waals surface area contributed by atoms with Gasteiger partial charge in [-0.1, -0.05) is 30.3 Å². The SMILES string of the molecule is CC1(C)CN(C(=O)C2CC23CCNCC3)CCN1Cc1ccccc1. The summed E-state index contributed by atoms with van der Waals surface area (Å²) in [5.41, 5.74) is 1.72. The molecule has 0 bridgehead atoms. The number of piperazine rings is 1. The zero-order valence-corrected chi connectivity index (χ0v) is 15.6. The minimum absolute atomic E-state index is 0.0277. The molecule has 2 heterocycles. The fraction of sp³-hybridized carbons (Fsp3) is 0.667. The number of hydrogen-bond acceptors (Lipinski definition) is 3. The summed E-state index contributed by atoms with van der Waals surface area (Å²) in [7, 11) is 0. The number of nitrogens with zero attached hydrogens (tertiary/aromatic N) is 2. The minimum atomic E-state index is 0.0277. The Kier molecular flexibility index (Phi) is 4.37. The molecular formula is C21H31N3O. The molecule has 2 saturated heterocycles. The monoisotopic (exact) mass is 341 g/mol. The Labute approximate surface area is 151 Å². The molecule has 1 aliphatic carbocycles. The van der Waals surface area contributed by atoms with Gasteiger partial charge in [0.15, 0.2) is 0 Å². The maximum atomic E-state index is 13.1. The quantitative estimate of drug-likeness (QED) is 0.917. The van der Waals surface area contributed by atoms with E-state index in [-0.39, 0.29) is 5.54 Å². The largest absolute Gasteiger partial charge is 0.339 e. The lowest BCUT2D eigenvalue weighted by Gasteiger charge is -2.47. The molecule has 4 nitrogen and oxygen atoms in total. The van der Waals surface area contributed by atoms with Crippen LogP contribution >= 0.6 is 0 Å². The number of rotatable bonds is 3. The van der Waals surface area contributed by atoms with Gasteiger partial charge in [0.25, 0.3) is 0 Å². The van der Waals surface area contributed by atoms with Crippen molar-refractivity contribution in [1.82, 2.24) is 15.1 Å². The van der Waals surface area contributed by atoms with Gasteiger partial charge in [0, 0.05) is 37.6 Å². The number of piperidine rings is 1. The molecule has 1 aromatic carbocycles. The summed E-state index contributed by atoms with van der Waals surface area (Å²) in [5.74, 6) is 0.723. The molecule has 1 atom stereocenters. The third kappa shape index (κ3) is 3.34. The standard InChI is InChI=1S/C21H31N3O/c1-20(2)16-23(12-13-24(20)15-17-6-4-3-5-7-17)19(25)18-14-21(18)8-10-22-11-9-21/h3-7,18,22H,8-16H2,1-2H3. The van der Waals surface area contributed by atoms with Crippen LogP contribution in [0.1, 0.15) is 38.7 Å². The van der Waals surface area contributed by atoms with Gasteiger partial charge in [-0.15, -0.1) is 0 Å². The molecule has 4 heteroatoms. The summed E-state index contributed by atoms with van der Waals surface area (Å²) in [4.78, 5) is 17.8. The zero-order valence-electron chi connectivity index (χ0n) is 15.6. The molecule has 136 valence electrons. The molecule has 1 saturated carbocycles. The summed E-state index contributed by atoms with van der Waals surface area (Å²) in [6.07, 6.45) is 3.49. The number of carbonyl (C=O) groups is 1. The zero-order chi connectivity index (χ0) is 17.5. The summed E-state index contributed by atoms with van der Waals surface area (Å²) >= 11 is 0. The van der Waals surface area contributed by atoms with Crippen LogP contribution in [0.2, 0.25) is 0 Å². The van der Waals surface area contributed by atoms with E-state index in [1.54, 1.807) is 0 Å². The van der Waals surface area contributed by atoms with Gasteiger partial charge in [0.2, 0.25) is 5.91 Å². The second-order valence-corrected chi connectivity index (χ2v) is 8.85. The van der Waals surface area contributed by atoms with E-state index in [1.165, 1.54) is 18.4 Å². The van der Waals surface area contributed by atoms with E-state index in [0.717, 1.165) is 45.7 Å². The van der Waals surface area contributed by atoms with Gasteiger partial charge in [-0.2, -0.15) is 0 Å². The Morgan fingerprint density at radius 2 is 1.88 bits per heavy atom. The van der Waals surface area contributed by atoms with Crippen molar-refractivity contribution in [2.45, 2.75) is 45.2 Å². The molecule has 0 aromatic heterocycles. The van der Waals surface area contributed by atoms with E-state index in [9.17, 15) is 4.79 Å². The van der Waals surface area contributed by atoms with Crippen molar-refractivity contribution in [1.29, 1.82) is 0 Å². The average molecular weight is 341 g/mol. The lowest BCUT2D eigenvalue weighted by Crippen LogP contribution is -2.60. The van der Waals surface area contributed by atoms with E-state index >= 15 is 0 Å². The van der Waals surface area contributed by atoms with Crippen LogP contribution in [0.15, 0.2) is 30.3 Å². The Bertz CT molecular complexity index is 621. The fourth-order valence-electron chi connectivity index (χ4n) is 4.87. The molecule has 1 N–H and O–H groups in total. The van der Waals surface area contributed by atoms with Crippen LogP contribution in [-0.2, 0) is 11.3 Å². The highest BCUT2D eigenvalue weighted by atomic mass is 16.2. The second-order valence-electron chi connectivity index (χ2n) is 8.85. The Morgan fingerprint density at radius 1 is 1.16 bits per heavy atom. The molecule has 1 unspecified atom stereocenters. The van der Waals surface area contributed by atoms with E-state index in [1.807, 2.05) is 0 Å². The summed E-state index contributed by atoms with van der Waals surface area (Å²) in [6, 6.07) is 10.7. The highest BCUT2D eigenvalue weighted by Gasteiger charge is 2.59. The molecule has 4 rings (SSSR count). The van der Waals surface area contributed by atoms with Crippen molar-refractivity contribution in [3.8, 4) is 0 Å². The van der Waals surface area contributed by atoms with Gasteiger partial charge in [0.05, 0.1) is 0 Å². The van der Waals surface area contributed by atoms with Gasteiger partial charge in [-0.25, -0.2) is 0 Å². The Balaban J connectivity index is 1.38. The number of benzene rings is 1. The number of hydrogen-bond donors (Lipinski definition) is 1. The van der Waals surface area contributed by atoms with Gasteiger partial charge in [-0.05, 0) is 57.2 Å². The lowest BCUT2D eigenvalue weighted by atomic mass is 9.91. The van der Waals surface area contributed by atoms with E-state index in [2.05, 4.69) is 59.3 Å². The molecule has 1 amide bonds. The molecule has 0 radical (unpaired) electrons. The Morgan fingerprint density at radius 3 is 2.56 bits per heavy atom. The van der Waals surface area contributed by atoms with Crippen molar-refractivity contribution in [2.75, 3.05) is 32.7 Å². The van der Waals surface area contributed by atoms with E-state index < -0.39 is 0 Å². The third-order valence-corrected chi connectivity index (χ3v) is 6.69. The second kappa shape index (κ2) is 6.40.